The van der Waals surface area contributed by atoms with Gasteiger partial charge >= 0.3 is 0 Å². The van der Waals surface area contributed by atoms with E-state index in [-0.39, 0.29) is 11.1 Å². The van der Waals surface area contributed by atoms with Crippen LogP contribution in [0.2, 0.25) is 0 Å². The van der Waals surface area contributed by atoms with Crippen molar-refractivity contribution in [2.75, 3.05) is 0 Å². The smallest absolute Gasteiger partial charge is 0.266 e. The Hall–Kier alpha value is -1.82. The number of nitrogens with zero attached hydrogens (tertiary/aromatic N) is 1. The molecule has 1 heterocycles. The third kappa shape index (κ3) is 1.61. The molecule has 0 aromatic carbocycles. The van der Waals surface area contributed by atoms with Gasteiger partial charge < -0.3 is 4.98 Å². The van der Waals surface area contributed by atoms with Crippen molar-refractivity contribution >= 4 is 0 Å². The summed E-state index contributed by atoms with van der Waals surface area (Å²) in [4.78, 5) is 13.6. The Labute approximate surface area is 70.0 Å². The molecule has 60 valence electrons. The molecule has 1 aromatic heterocycles. The molecular weight excluding hydrogens is 152 g/mol. The van der Waals surface area contributed by atoms with Crippen LogP contribution in [0.1, 0.15) is 11.3 Å². The molecule has 0 bridgehead atoms. The average Bonchev–Trinajstić information content (AvgIpc) is 2.05. The topological polar surface area (TPSA) is 56.6 Å². The number of aromatic nitrogens is 1. The Balaban J connectivity index is 3.12. The van der Waals surface area contributed by atoms with E-state index in [0.29, 0.717) is 6.42 Å². The normalized spacial score (nSPS) is 8.92. The molecule has 0 aliphatic rings. The van der Waals surface area contributed by atoms with E-state index in [4.69, 9.17) is 5.26 Å². The summed E-state index contributed by atoms with van der Waals surface area (Å²) >= 11 is 0. The van der Waals surface area contributed by atoms with Gasteiger partial charge in [-0.2, -0.15) is 5.26 Å². The molecule has 0 amide bonds. The molecule has 0 saturated carbocycles. The van der Waals surface area contributed by atoms with Gasteiger partial charge in [0.25, 0.3) is 5.56 Å². The first-order chi connectivity index (χ1) is 5.77. The van der Waals surface area contributed by atoms with E-state index in [2.05, 4.69) is 11.6 Å². The van der Waals surface area contributed by atoms with Crippen molar-refractivity contribution in [2.45, 2.75) is 6.42 Å². The Kier molecular flexibility index (Phi) is 2.44. The summed E-state index contributed by atoms with van der Waals surface area (Å²) in [5.41, 5.74) is 0.577. The third-order valence-electron chi connectivity index (χ3n) is 1.45. The predicted molar refractivity (Wildman–Crippen MR) is 45.7 cm³/mol. The van der Waals surface area contributed by atoms with Gasteiger partial charge in [0.2, 0.25) is 0 Å². The zero-order valence-electron chi connectivity index (χ0n) is 6.50. The second-order valence-electron chi connectivity index (χ2n) is 2.33. The zero-order valence-corrected chi connectivity index (χ0v) is 6.50. The lowest BCUT2D eigenvalue weighted by Crippen LogP contribution is -2.11. The standard InChI is InChI=1S/C9H8N2O/c1-2-3-8-5-4-7(6-10)9(12)11-8/h2,4-5H,1,3H2,(H,11,12). The van der Waals surface area contributed by atoms with Crippen LogP contribution in [-0.4, -0.2) is 4.98 Å². The molecule has 0 unspecified atom stereocenters. The lowest BCUT2D eigenvalue weighted by Gasteiger charge is -1.94. The lowest BCUT2D eigenvalue weighted by molar-refractivity contribution is 1.07. The molecule has 3 nitrogen and oxygen atoms in total. The first kappa shape index (κ1) is 8.28. The van der Waals surface area contributed by atoms with Gasteiger partial charge in [-0.25, -0.2) is 0 Å². The third-order valence-corrected chi connectivity index (χ3v) is 1.45. The molecule has 3 heteroatoms. The van der Waals surface area contributed by atoms with Crippen LogP contribution in [0.4, 0.5) is 0 Å². The maximum atomic E-state index is 11.0. The molecule has 0 atom stereocenters. The summed E-state index contributed by atoms with van der Waals surface area (Å²) in [5.74, 6) is 0. The number of allylic oxidation sites excluding steroid dienone is 1. The highest BCUT2D eigenvalue weighted by molar-refractivity contribution is 5.26. The summed E-state index contributed by atoms with van der Waals surface area (Å²) < 4.78 is 0. The van der Waals surface area contributed by atoms with E-state index < -0.39 is 0 Å². The van der Waals surface area contributed by atoms with Gasteiger partial charge in [0.05, 0.1) is 0 Å². The maximum absolute atomic E-state index is 11.0. The SMILES string of the molecule is C=CCc1ccc(C#N)c(=O)[nH]1. The van der Waals surface area contributed by atoms with Crippen molar-refractivity contribution in [3.63, 3.8) is 0 Å². The van der Waals surface area contributed by atoms with Crippen LogP contribution in [0.25, 0.3) is 0 Å². The summed E-state index contributed by atoms with van der Waals surface area (Å²) in [5, 5.41) is 8.45. The van der Waals surface area contributed by atoms with E-state index in [9.17, 15) is 4.79 Å². The van der Waals surface area contributed by atoms with Gasteiger partial charge in [0.15, 0.2) is 0 Å². The molecule has 12 heavy (non-hydrogen) atoms. The second kappa shape index (κ2) is 3.54. The largest absolute Gasteiger partial charge is 0.325 e. The number of H-pyrrole nitrogens is 1. The zero-order chi connectivity index (χ0) is 8.97. The molecular formula is C9H8N2O. The van der Waals surface area contributed by atoms with Crippen LogP contribution in [-0.2, 0) is 6.42 Å². The molecule has 1 aromatic rings. The Morgan fingerprint density at radius 1 is 1.67 bits per heavy atom. The monoisotopic (exact) mass is 160 g/mol. The van der Waals surface area contributed by atoms with Crippen LogP contribution in [0, 0.1) is 11.3 Å². The Bertz CT molecular complexity index is 384. The molecule has 0 saturated heterocycles. The van der Waals surface area contributed by atoms with Crippen LogP contribution in [0.5, 0.6) is 0 Å². The number of aromatic amines is 1. The fraction of sp³-hybridized carbons (Fsp3) is 0.111. The predicted octanol–water partition coefficient (Wildman–Crippen LogP) is 0.975. The number of nitriles is 1. The van der Waals surface area contributed by atoms with Gasteiger partial charge in [-0.05, 0) is 12.1 Å². The average molecular weight is 160 g/mol. The lowest BCUT2D eigenvalue weighted by atomic mass is 10.2. The number of nitrogens with one attached hydrogen (secondary N) is 1. The minimum Gasteiger partial charge on any atom is -0.325 e. The molecule has 0 spiro atoms. The first-order valence-electron chi connectivity index (χ1n) is 3.51. The quantitative estimate of drug-likeness (QED) is 0.655. The van der Waals surface area contributed by atoms with Gasteiger partial charge in [-0.15, -0.1) is 6.58 Å². The number of hydrogen-bond donors (Lipinski definition) is 1. The maximum Gasteiger partial charge on any atom is 0.266 e. The fourth-order valence-electron chi connectivity index (χ4n) is 0.877. The minimum atomic E-state index is -0.336. The molecule has 0 aliphatic heterocycles. The minimum absolute atomic E-state index is 0.141. The van der Waals surface area contributed by atoms with Crippen LogP contribution in [0.15, 0.2) is 29.6 Å². The van der Waals surface area contributed by atoms with Crippen molar-refractivity contribution in [3.05, 3.63) is 46.4 Å². The highest BCUT2D eigenvalue weighted by atomic mass is 16.1. The van der Waals surface area contributed by atoms with Gasteiger partial charge in [-0.1, -0.05) is 6.08 Å². The molecule has 0 fully saturated rings. The highest BCUT2D eigenvalue weighted by Crippen LogP contribution is 1.94. The summed E-state index contributed by atoms with van der Waals surface area (Å²) in [7, 11) is 0. The molecule has 0 radical (unpaired) electrons. The fourth-order valence-corrected chi connectivity index (χ4v) is 0.877. The van der Waals surface area contributed by atoms with Crippen LogP contribution < -0.4 is 5.56 Å². The van der Waals surface area contributed by atoms with Crippen LogP contribution >= 0.6 is 0 Å². The van der Waals surface area contributed by atoms with Crippen molar-refractivity contribution in [1.82, 2.24) is 4.98 Å². The van der Waals surface area contributed by atoms with Crippen molar-refractivity contribution in [2.24, 2.45) is 0 Å². The second-order valence-corrected chi connectivity index (χ2v) is 2.33. The van der Waals surface area contributed by atoms with Crippen LogP contribution in [0.3, 0.4) is 0 Å². The number of hydrogen-bond acceptors (Lipinski definition) is 2. The van der Waals surface area contributed by atoms with E-state index in [1.165, 1.54) is 6.07 Å². The first-order valence-corrected chi connectivity index (χ1v) is 3.51. The van der Waals surface area contributed by atoms with Gasteiger partial charge in [-0.3, -0.25) is 4.79 Å². The number of pyridine rings is 1. The molecule has 1 rings (SSSR count). The van der Waals surface area contributed by atoms with Gasteiger partial charge in [0, 0.05) is 12.1 Å². The van der Waals surface area contributed by atoms with Gasteiger partial charge in [0.1, 0.15) is 11.6 Å². The Morgan fingerprint density at radius 2 is 2.42 bits per heavy atom. The molecule has 0 aliphatic carbocycles. The van der Waals surface area contributed by atoms with Crippen molar-refractivity contribution in [1.29, 1.82) is 5.26 Å². The van der Waals surface area contributed by atoms with E-state index in [0.717, 1.165) is 5.69 Å². The summed E-state index contributed by atoms with van der Waals surface area (Å²) in [6.07, 6.45) is 2.30. The van der Waals surface area contributed by atoms with E-state index in [1.807, 2.05) is 0 Å². The summed E-state index contributed by atoms with van der Waals surface area (Å²) in [6, 6.07) is 5.02. The van der Waals surface area contributed by atoms with E-state index in [1.54, 1.807) is 18.2 Å². The van der Waals surface area contributed by atoms with Crippen molar-refractivity contribution < 1.29 is 0 Å². The van der Waals surface area contributed by atoms with E-state index >= 15 is 0 Å². The number of rotatable bonds is 2. The molecule has 1 N–H and O–H groups in total. The summed E-state index contributed by atoms with van der Waals surface area (Å²) in [6.45, 7) is 3.54. The van der Waals surface area contributed by atoms with Crippen molar-refractivity contribution in [3.8, 4) is 6.07 Å². The highest BCUT2D eigenvalue weighted by Gasteiger charge is 1.97. The Morgan fingerprint density at radius 3 is 2.92 bits per heavy atom.